The summed E-state index contributed by atoms with van der Waals surface area (Å²) in [5, 5.41) is 8.27. The van der Waals surface area contributed by atoms with Crippen LogP contribution < -0.4 is 5.73 Å². The molecule has 0 radical (unpaired) electrons. The van der Waals surface area contributed by atoms with Crippen LogP contribution in [0, 0.1) is 0 Å². The van der Waals surface area contributed by atoms with Crippen molar-refractivity contribution in [2.75, 3.05) is 5.73 Å². The number of alkyl halides is 2. The molecular formula is C13H7Cl3F2N2O2. The number of carbonyl (C=O) groups is 1. The Kier molecular flexibility index (Phi) is 4.75. The van der Waals surface area contributed by atoms with Gasteiger partial charge in [-0.2, -0.15) is 0 Å². The SMILES string of the molecule is Nc1cc(-c2ccc(Cl)c(C(F)F)c2Cl)nc(C(=O)O)c1Cl. The van der Waals surface area contributed by atoms with Crippen LogP contribution in [-0.2, 0) is 0 Å². The van der Waals surface area contributed by atoms with Crippen molar-refractivity contribution in [3.8, 4) is 11.3 Å². The van der Waals surface area contributed by atoms with Crippen molar-refractivity contribution < 1.29 is 18.7 Å². The van der Waals surface area contributed by atoms with E-state index in [0.717, 1.165) is 0 Å². The highest BCUT2D eigenvalue weighted by Gasteiger charge is 2.22. The Morgan fingerprint density at radius 2 is 1.86 bits per heavy atom. The molecule has 0 spiro atoms. The number of aromatic nitrogens is 1. The normalized spacial score (nSPS) is 11.0. The van der Waals surface area contributed by atoms with Gasteiger partial charge in [0.05, 0.1) is 32.0 Å². The van der Waals surface area contributed by atoms with Gasteiger partial charge in [-0.15, -0.1) is 0 Å². The molecule has 0 saturated heterocycles. The van der Waals surface area contributed by atoms with Crippen LogP contribution in [0.15, 0.2) is 18.2 Å². The second kappa shape index (κ2) is 6.24. The van der Waals surface area contributed by atoms with E-state index in [1.165, 1.54) is 18.2 Å². The summed E-state index contributed by atoms with van der Waals surface area (Å²) in [4.78, 5) is 14.9. The van der Waals surface area contributed by atoms with Crippen LogP contribution in [0.2, 0.25) is 15.1 Å². The number of halogens is 5. The number of nitrogen functional groups attached to an aromatic ring is 1. The van der Waals surface area contributed by atoms with Crippen LogP contribution >= 0.6 is 34.8 Å². The van der Waals surface area contributed by atoms with Crippen LogP contribution in [0.25, 0.3) is 11.3 Å². The Morgan fingerprint density at radius 1 is 1.23 bits per heavy atom. The molecule has 4 nitrogen and oxygen atoms in total. The maximum atomic E-state index is 13.0. The molecule has 0 aliphatic rings. The van der Waals surface area contributed by atoms with Crippen molar-refractivity contribution >= 4 is 46.5 Å². The van der Waals surface area contributed by atoms with E-state index in [2.05, 4.69) is 4.98 Å². The van der Waals surface area contributed by atoms with Crippen molar-refractivity contribution in [1.82, 2.24) is 4.98 Å². The molecule has 0 saturated carbocycles. The quantitative estimate of drug-likeness (QED) is 0.806. The van der Waals surface area contributed by atoms with E-state index in [9.17, 15) is 13.6 Å². The van der Waals surface area contributed by atoms with Crippen LogP contribution in [0.4, 0.5) is 14.5 Å². The van der Waals surface area contributed by atoms with Gasteiger partial charge in [-0.3, -0.25) is 0 Å². The zero-order chi connectivity index (χ0) is 16.6. The fourth-order valence-corrected chi connectivity index (χ4v) is 2.61. The van der Waals surface area contributed by atoms with Crippen LogP contribution in [-0.4, -0.2) is 16.1 Å². The number of nitrogens with two attached hydrogens (primary N) is 1. The molecule has 2 rings (SSSR count). The first kappa shape index (κ1) is 16.7. The van der Waals surface area contributed by atoms with Gasteiger partial charge in [0.25, 0.3) is 6.43 Å². The molecule has 2 aromatic rings. The highest BCUT2D eigenvalue weighted by Crippen LogP contribution is 2.40. The second-order valence-corrected chi connectivity index (χ2v) is 5.35. The molecule has 1 aromatic carbocycles. The summed E-state index contributed by atoms with van der Waals surface area (Å²) in [6.07, 6.45) is -2.90. The van der Waals surface area contributed by atoms with Gasteiger partial charge in [0.15, 0.2) is 5.69 Å². The lowest BCUT2D eigenvalue weighted by Gasteiger charge is -2.12. The molecule has 0 fully saturated rings. The number of nitrogens with zero attached hydrogens (tertiary/aromatic N) is 1. The largest absolute Gasteiger partial charge is 0.476 e. The molecule has 0 amide bonds. The first-order valence-corrected chi connectivity index (χ1v) is 6.83. The van der Waals surface area contributed by atoms with Crippen LogP contribution in [0.5, 0.6) is 0 Å². The van der Waals surface area contributed by atoms with E-state index in [1.807, 2.05) is 0 Å². The maximum Gasteiger partial charge on any atom is 0.356 e. The molecule has 116 valence electrons. The number of hydrogen-bond acceptors (Lipinski definition) is 3. The van der Waals surface area contributed by atoms with Gasteiger partial charge in [0.2, 0.25) is 0 Å². The third-order valence-electron chi connectivity index (χ3n) is 2.81. The summed E-state index contributed by atoms with van der Waals surface area (Å²) in [5.41, 5.74) is 4.58. The lowest BCUT2D eigenvalue weighted by atomic mass is 10.1. The van der Waals surface area contributed by atoms with Crippen molar-refractivity contribution in [1.29, 1.82) is 0 Å². The number of benzene rings is 1. The van der Waals surface area contributed by atoms with E-state index >= 15 is 0 Å². The Morgan fingerprint density at radius 3 is 2.41 bits per heavy atom. The van der Waals surface area contributed by atoms with Crippen LogP contribution in [0.1, 0.15) is 22.5 Å². The zero-order valence-electron chi connectivity index (χ0n) is 10.6. The van der Waals surface area contributed by atoms with E-state index in [0.29, 0.717) is 0 Å². The Bertz CT molecular complexity index is 769. The molecule has 22 heavy (non-hydrogen) atoms. The number of rotatable bonds is 3. The zero-order valence-corrected chi connectivity index (χ0v) is 12.8. The maximum absolute atomic E-state index is 13.0. The Labute approximate surface area is 138 Å². The smallest absolute Gasteiger partial charge is 0.356 e. The molecule has 1 heterocycles. The summed E-state index contributed by atoms with van der Waals surface area (Å²) >= 11 is 17.4. The Hall–Kier alpha value is -1.63. The minimum absolute atomic E-state index is 0.00265. The number of carboxylic acid groups (broad SMARTS) is 1. The number of aromatic carboxylic acids is 1. The average molecular weight is 368 g/mol. The second-order valence-electron chi connectivity index (χ2n) is 4.19. The summed E-state index contributed by atoms with van der Waals surface area (Å²) in [5.74, 6) is -1.40. The highest BCUT2D eigenvalue weighted by atomic mass is 35.5. The third kappa shape index (κ3) is 2.95. The van der Waals surface area contributed by atoms with Crippen molar-refractivity contribution in [3.63, 3.8) is 0 Å². The lowest BCUT2D eigenvalue weighted by molar-refractivity contribution is 0.0691. The monoisotopic (exact) mass is 366 g/mol. The average Bonchev–Trinajstić information content (AvgIpc) is 2.41. The fourth-order valence-electron chi connectivity index (χ4n) is 1.80. The van der Waals surface area contributed by atoms with Gasteiger partial charge < -0.3 is 10.8 Å². The van der Waals surface area contributed by atoms with Gasteiger partial charge in [0.1, 0.15) is 0 Å². The fraction of sp³-hybridized carbons (Fsp3) is 0.0769. The lowest BCUT2D eigenvalue weighted by Crippen LogP contribution is -2.05. The van der Waals surface area contributed by atoms with E-state index in [4.69, 9.17) is 45.6 Å². The van der Waals surface area contributed by atoms with E-state index in [1.54, 1.807) is 0 Å². The van der Waals surface area contributed by atoms with Crippen molar-refractivity contribution in [2.24, 2.45) is 0 Å². The van der Waals surface area contributed by atoms with Gasteiger partial charge in [-0.05, 0) is 18.2 Å². The third-order valence-corrected chi connectivity index (χ3v) is 3.94. The first-order chi connectivity index (χ1) is 10.2. The van der Waals surface area contributed by atoms with E-state index < -0.39 is 23.7 Å². The standard InChI is InChI=1S/C13H7Cl3F2N2O2/c14-5-2-1-4(9(15)8(5)12(17)18)7-3-6(19)10(16)11(20-7)13(21)22/h1-3,12H,(H2,19,20)(H,21,22). The number of carboxylic acids is 1. The summed E-state index contributed by atoms with van der Waals surface area (Å²) < 4.78 is 26.0. The molecule has 0 aliphatic carbocycles. The number of pyridine rings is 1. The minimum Gasteiger partial charge on any atom is -0.476 e. The summed E-state index contributed by atoms with van der Waals surface area (Å²) in [6.45, 7) is 0. The number of anilines is 1. The Balaban J connectivity index is 2.73. The summed E-state index contributed by atoms with van der Waals surface area (Å²) in [6, 6.07) is 3.81. The molecule has 1 aromatic heterocycles. The van der Waals surface area contributed by atoms with E-state index in [-0.39, 0.29) is 32.0 Å². The van der Waals surface area contributed by atoms with Gasteiger partial charge in [-0.25, -0.2) is 18.6 Å². The molecular weight excluding hydrogens is 361 g/mol. The van der Waals surface area contributed by atoms with Gasteiger partial charge >= 0.3 is 5.97 Å². The molecule has 0 bridgehead atoms. The minimum atomic E-state index is -2.90. The van der Waals surface area contributed by atoms with Crippen molar-refractivity contribution in [2.45, 2.75) is 6.43 Å². The van der Waals surface area contributed by atoms with Gasteiger partial charge in [-0.1, -0.05) is 34.8 Å². The van der Waals surface area contributed by atoms with Gasteiger partial charge in [0, 0.05) is 5.56 Å². The first-order valence-electron chi connectivity index (χ1n) is 5.69. The molecule has 0 unspecified atom stereocenters. The molecule has 0 atom stereocenters. The molecule has 9 heteroatoms. The molecule has 0 aliphatic heterocycles. The highest BCUT2D eigenvalue weighted by molar-refractivity contribution is 6.38. The predicted molar refractivity (Wildman–Crippen MR) is 81.0 cm³/mol. The topological polar surface area (TPSA) is 76.2 Å². The predicted octanol–water partition coefficient (Wildman–Crippen LogP) is 4.93. The van der Waals surface area contributed by atoms with Crippen LogP contribution in [0.3, 0.4) is 0 Å². The number of hydrogen-bond donors (Lipinski definition) is 2. The summed E-state index contributed by atoms with van der Waals surface area (Å²) in [7, 11) is 0. The van der Waals surface area contributed by atoms with Crippen molar-refractivity contribution in [3.05, 3.63) is 44.5 Å². The molecule has 3 N–H and O–H groups in total.